The van der Waals surface area contributed by atoms with Gasteiger partial charge in [-0.15, -0.1) is 0 Å². The highest BCUT2D eigenvalue weighted by Gasteiger charge is 2.18. The van der Waals surface area contributed by atoms with Gasteiger partial charge in [0.2, 0.25) is 0 Å². The molecule has 0 heterocycles. The van der Waals surface area contributed by atoms with E-state index in [1.807, 2.05) is 47.6 Å². The summed E-state index contributed by atoms with van der Waals surface area (Å²) in [6.45, 7) is 11.4. The molecule has 0 aliphatic rings. The Hall–Kier alpha value is -1.84. The molecule has 1 aromatic carbocycles. The Morgan fingerprint density at radius 1 is 1.33 bits per heavy atom. The summed E-state index contributed by atoms with van der Waals surface area (Å²) in [6.07, 6.45) is 0.917. The molecular formula is C17H25NO3. The van der Waals surface area contributed by atoms with E-state index in [-0.39, 0.29) is 5.92 Å². The van der Waals surface area contributed by atoms with E-state index < -0.39 is 11.7 Å². The van der Waals surface area contributed by atoms with Crippen LogP contribution in [-0.2, 0) is 9.53 Å². The molecule has 0 bridgehead atoms. The molecule has 4 heteroatoms. The third-order valence-electron chi connectivity index (χ3n) is 3.34. The molecule has 4 nitrogen and oxygen atoms in total. The lowest BCUT2D eigenvalue weighted by atomic mass is 9.94. The Balaban J connectivity index is 3.01. The van der Waals surface area contributed by atoms with Crippen LogP contribution >= 0.6 is 0 Å². The predicted octanol–water partition coefficient (Wildman–Crippen LogP) is 4.34. The Morgan fingerprint density at radius 3 is 2.48 bits per heavy atom. The number of carbonyl (C=O) groups is 2. The van der Waals surface area contributed by atoms with Crippen LogP contribution in [0.2, 0.25) is 0 Å². The zero-order valence-corrected chi connectivity index (χ0v) is 13.7. The highest BCUT2D eigenvalue weighted by molar-refractivity contribution is 5.86. The normalized spacial score (nSPS) is 12.7. The predicted molar refractivity (Wildman–Crippen MR) is 84.9 cm³/mol. The number of hydrogen-bond acceptors (Lipinski definition) is 3. The number of benzene rings is 1. The van der Waals surface area contributed by atoms with Crippen LogP contribution in [0, 0.1) is 13.8 Å². The molecule has 0 aliphatic heterocycles. The van der Waals surface area contributed by atoms with Gasteiger partial charge in [-0.2, -0.15) is 0 Å². The van der Waals surface area contributed by atoms with Gasteiger partial charge in [0, 0.05) is 12.1 Å². The first kappa shape index (κ1) is 17.2. The first-order valence-electron chi connectivity index (χ1n) is 7.19. The van der Waals surface area contributed by atoms with Gasteiger partial charge >= 0.3 is 6.09 Å². The molecule has 1 atom stereocenters. The van der Waals surface area contributed by atoms with Gasteiger partial charge in [0.05, 0.1) is 0 Å². The lowest BCUT2D eigenvalue weighted by Crippen LogP contribution is -2.27. The van der Waals surface area contributed by atoms with Crippen LogP contribution < -0.4 is 5.32 Å². The summed E-state index contributed by atoms with van der Waals surface area (Å²) in [4.78, 5) is 22.6. The van der Waals surface area contributed by atoms with Crippen molar-refractivity contribution in [3.8, 4) is 0 Å². The lowest BCUT2D eigenvalue weighted by molar-refractivity contribution is -0.108. The second kappa shape index (κ2) is 6.74. The van der Waals surface area contributed by atoms with Crippen molar-refractivity contribution < 1.29 is 14.3 Å². The second-order valence-electron chi connectivity index (χ2n) is 6.44. The molecule has 0 fully saturated rings. The van der Waals surface area contributed by atoms with Gasteiger partial charge in [-0.3, -0.25) is 5.32 Å². The molecule has 0 saturated carbocycles. The number of rotatable bonds is 4. The number of nitrogens with one attached hydrogen (secondary N) is 1. The van der Waals surface area contributed by atoms with Crippen molar-refractivity contribution in [3.63, 3.8) is 0 Å². The smallest absolute Gasteiger partial charge is 0.412 e. The van der Waals surface area contributed by atoms with E-state index in [0.29, 0.717) is 6.42 Å². The van der Waals surface area contributed by atoms with Crippen LogP contribution in [0.15, 0.2) is 12.1 Å². The van der Waals surface area contributed by atoms with Gasteiger partial charge < -0.3 is 9.53 Å². The Morgan fingerprint density at radius 2 is 1.95 bits per heavy atom. The van der Waals surface area contributed by atoms with Gasteiger partial charge in [-0.1, -0.05) is 13.0 Å². The first-order valence-corrected chi connectivity index (χ1v) is 7.19. The largest absolute Gasteiger partial charge is 0.444 e. The molecule has 0 saturated heterocycles. The third kappa shape index (κ3) is 5.21. The van der Waals surface area contributed by atoms with E-state index in [1.165, 1.54) is 0 Å². The van der Waals surface area contributed by atoms with Crippen LogP contribution in [0.4, 0.5) is 10.5 Å². The highest BCUT2D eigenvalue weighted by Crippen LogP contribution is 2.27. The quantitative estimate of drug-likeness (QED) is 0.839. The van der Waals surface area contributed by atoms with Crippen molar-refractivity contribution in [2.75, 3.05) is 5.32 Å². The van der Waals surface area contributed by atoms with Crippen molar-refractivity contribution in [1.82, 2.24) is 0 Å². The summed E-state index contributed by atoms with van der Waals surface area (Å²) >= 11 is 0. The molecule has 116 valence electrons. The number of aryl methyl sites for hydroxylation is 1. The topological polar surface area (TPSA) is 55.4 Å². The van der Waals surface area contributed by atoms with E-state index in [0.717, 1.165) is 28.7 Å². The van der Waals surface area contributed by atoms with Gasteiger partial charge in [0.25, 0.3) is 0 Å². The molecule has 0 aliphatic carbocycles. The van der Waals surface area contributed by atoms with Crippen molar-refractivity contribution in [3.05, 3.63) is 28.8 Å². The summed E-state index contributed by atoms with van der Waals surface area (Å²) in [5.41, 5.74) is 3.32. The van der Waals surface area contributed by atoms with Gasteiger partial charge in [-0.05, 0) is 63.3 Å². The number of hydrogen-bond donors (Lipinski definition) is 1. The molecule has 1 aromatic rings. The Kier molecular flexibility index (Phi) is 5.53. The molecule has 1 N–H and O–H groups in total. The average molecular weight is 291 g/mol. The maximum absolute atomic E-state index is 11.9. The third-order valence-corrected chi connectivity index (χ3v) is 3.34. The maximum Gasteiger partial charge on any atom is 0.412 e. The molecule has 1 rings (SSSR count). The molecular weight excluding hydrogens is 266 g/mol. The van der Waals surface area contributed by atoms with Crippen molar-refractivity contribution in [2.24, 2.45) is 0 Å². The molecule has 1 unspecified atom stereocenters. The highest BCUT2D eigenvalue weighted by atomic mass is 16.6. The number of carbonyl (C=O) groups excluding carboxylic acids is 2. The van der Waals surface area contributed by atoms with E-state index in [2.05, 4.69) is 11.4 Å². The van der Waals surface area contributed by atoms with E-state index >= 15 is 0 Å². The SMILES string of the molecule is Cc1cc(C(C)CC=O)cc(NC(=O)OC(C)(C)C)c1C. The Bertz CT molecular complexity index is 530. The lowest BCUT2D eigenvalue weighted by Gasteiger charge is -2.21. The van der Waals surface area contributed by atoms with Crippen LogP contribution in [0.5, 0.6) is 0 Å². The number of aldehydes is 1. The monoisotopic (exact) mass is 291 g/mol. The summed E-state index contributed by atoms with van der Waals surface area (Å²) in [7, 11) is 0. The van der Waals surface area contributed by atoms with Gasteiger partial charge in [0.1, 0.15) is 11.9 Å². The van der Waals surface area contributed by atoms with E-state index in [4.69, 9.17) is 4.74 Å². The fraction of sp³-hybridized carbons (Fsp3) is 0.529. The molecule has 0 radical (unpaired) electrons. The minimum Gasteiger partial charge on any atom is -0.444 e. The first-order chi connectivity index (χ1) is 9.64. The fourth-order valence-corrected chi connectivity index (χ4v) is 2.00. The zero-order chi connectivity index (χ0) is 16.2. The summed E-state index contributed by atoms with van der Waals surface area (Å²) in [6, 6.07) is 3.98. The van der Waals surface area contributed by atoms with Crippen molar-refractivity contribution in [1.29, 1.82) is 0 Å². The van der Waals surface area contributed by atoms with E-state index in [1.54, 1.807) is 0 Å². The van der Waals surface area contributed by atoms with E-state index in [9.17, 15) is 9.59 Å². The minimum absolute atomic E-state index is 0.126. The zero-order valence-electron chi connectivity index (χ0n) is 13.7. The average Bonchev–Trinajstić information content (AvgIpc) is 2.32. The van der Waals surface area contributed by atoms with Crippen molar-refractivity contribution >= 4 is 18.1 Å². The summed E-state index contributed by atoms with van der Waals surface area (Å²) < 4.78 is 5.28. The molecule has 1 amide bonds. The standard InChI is InChI=1S/C17H25NO3/c1-11(7-8-19)14-9-12(2)13(3)15(10-14)18-16(20)21-17(4,5)6/h8-11H,7H2,1-6H3,(H,18,20). The van der Waals surface area contributed by atoms with Crippen LogP contribution in [-0.4, -0.2) is 18.0 Å². The molecule has 21 heavy (non-hydrogen) atoms. The van der Waals surface area contributed by atoms with Crippen LogP contribution in [0.1, 0.15) is 56.7 Å². The Labute approximate surface area is 126 Å². The fourth-order valence-electron chi connectivity index (χ4n) is 2.00. The second-order valence-corrected chi connectivity index (χ2v) is 6.44. The van der Waals surface area contributed by atoms with Crippen molar-refractivity contribution in [2.45, 2.75) is 59.5 Å². The molecule has 0 spiro atoms. The summed E-state index contributed by atoms with van der Waals surface area (Å²) in [5, 5.41) is 2.80. The number of anilines is 1. The molecule has 0 aromatic heterocycles. The summed E-state index contributed by atoms with van der Waals surface area (Å²) in [5.74, 6) is 0.126. The minimum atomic E-state index is -0.532. The van der Waals surface area contributed by atoms with Gasteiger partial charge in [-0.25, -0.2) is 4.79 Å². The van der Waals surface area contributed by atoms with Crippen LogP contribution in [0.3, 0.4) is 0 Å². The maximum atomic E-state index is 11.9. The number of amides is 1. The van der Waals surface area contributed by atoms with Crippen LogP contribution in [0.25, 0.3) is 0 Å². The van der Waals surface area contributed by atoms with Gasteiger partial charge in [0.15, 0.2) is 0 Å². The number of ether oxygens (including phenoxy) is 1.